The minimum absolute atomic E-state index is 0.151. The third-order valence-electron chi connectivity index (χ3n) is 5.19. The summed E-state index contributed by atoms with van der Waals surface area (Å²) in [5.41, 5.74) is 2.97. The monoisotopic (exact) mass is 413 g/mol. The van der Waals surface area contributed by atoms with Gasteiger partial charge in [-0.25, -0.2) is 0 Å². The molecule has 0 aliphatic carbocycles. The van der Waals surface area contributed by atoms with Crippen molar-refractivity contribution in [2.75, 3.05) is 17.2 Å². The second-order valence-corrected chi connectivity index (χ2v) is 7.44. The van der Waals surface area contributed by atoms with Gasteiger partial charge >= 0.3 is 0 Å². The second kappa shape index (κ2) is 9.26. The number of benzene rings is 3. The summed E-state index contributed by atoms with van der Waals surface area (Å²) < 4.78 is 0. The summed E-state index contributed by atoms with van der Waals surface area (Å²) in [4.78, 5) is 39.1. The van der Waals surface area contributed by atoms with E-state index in [1.54, 1.807) is 60.7 Å². The van der Waals surface area contributed by atoms with Crippen molar-refractivity contribution >= 4 is 29.1 Å². The van der Waals surface area contributed by atoms with Crippen LogP contribution in [0.25, 0.3) is 0 Å². The van der Waals surface area contributed by atoms with E-state index in [9.17, 15) is 14.4 Å². The zero-order valence-corrected chi connectivity index (χ0v) is 17.0. The fourth-order valence-electron chi connectivity index (χ4n) is 3.58. The van der Waals surface area contributed by atoms with Gasteiger partial charge in [0, 0.05) is 30.6 Å². The molecule has 6 nitrogen and oxygen atoms in total. The molecule has 3 aromatic rings. The standard InChI is InChI=1S/C25H23N3O3/c29-23-14-7-15-28(23)17-18-8-6-11-20(16-18)25(31)27-22-13-5-4-12-21(22)26-24(30)19-9-2-1-3-10-19/h1-6,8-13,16H,7,14-15,17H2,(H,26,30)(H,27,31). The van der Waals surface area contributed by atoms with E-state index in [1.165, 1.54) is 0 Å². The molecule has 0 bridgehead atoms. The van der Waals surface area contributed by atoms with Crippen LogP contribution in [-0.2, 0) is 11.3 Å². The molecule has 0 radical (unpaired) electrons. The van der Waals surface area contributed by atoms with Crippen molar-refractivity contribution in [1.82, 2.24) is 4.90 Å². The van der Waals surface area contributed by atoms with Crippen molar-refractivity contribution in [3.05, 3.63) is 95.6 Å². The number of amides is 3. The van der Waals surface area contributed by atoms with Crippen molar-refractivity contribution in [3.8, 4) is 0 Å². The highest BCUT2D eigenvalue weighted by Gasteiger charge is 2.20. The van der Waals surface area contributed by atoms with Crippen LogP contribution in [0.4, 0.5) is 11.4 Å². The molecule has 31 heavy (non-hydrogen) atoms. The first-order chi connectivity index (χ1) is 15.1. The van der Waals surface area contributed by atoms with Crippen LogP contribution in [0.2, 0.25) is 0 Å². The summed E-state index contributed by atoms with van der Waals surface area (Å²) in [5.74, 6) is -0.381. The van der Waals surface area contributed by atoms with Gasteiger partial charge in [-0.05, 0) is 48.4 Å². The number of nitrogens with zero attached hydrogens (tertiary/aromatic N) is 1. The fraction of sp³-hybridized carbons (Fsp3) is 0.160. The zero-order valence-electron chi connectivity index (χ0n) is 17.0. The summed E-state index contributed by atoms with van der Waals surface area (Å²) >= 11 is 0. The minimum Gasteiger partial charge on any atom is -0.338 e. The number of carbonyl (C=O) groups excluding carboxylic acids is 3. The maximum atomic E-state index is 12.9. The van der Waals surface area contributed by atoms with Gasteiger partial charge in [0.25, 0.3) is 11.8 Å². The molecule has 3 amide bonds. The molecule has 156 valence electrons. The Hall–Kier alpha value is -3.93. The van der Waals surface area contributed by atoms with Crippen LogP contribution in [0, 0.1) is 0 Å². The summed E-state index contributed by atoms with van der Waals surface area (Å²) in [7, 11) is 0. The number of rotatable bonds is 6. The predicted octanol–water partition coefficient (Wildman–Crippen LogP) is 4.31. The lowest BCUT2D eigenvalue weighted by Crippen LogP contribution is -2.24. The van der Waals surface area contributed by atoms with Gasteiger partial charge < -0.3 is 15.5 Å². The number of anilines is 2. The quantitative estimate of drug-likeness (QED) is 0.632. The summed E-state index contributed by atoms with van der Waals surface area (Å²) in [6, 6.07) is 23.2. The maximum absolute atomic E-state index is 12.9. The third kappa shape index (κ3) is 4.98. The van der Waals surface area contributed by atoms with Crippen LogP contribution in [0.3, 0.4) is 0 Å². The highest BCUT2D eigenvalue weighted by Crippen LogP contribution is 2.23. The van der Waals surface area contributed by atoms with Crippen molar-refractivity contribution in [2.45, 2.75) is 19.4 Å². The highest BCUT2D eigenvalue weighted by atomic mass is 16.2. The van der Waals surface area contributed by atoms with E-state index in [0.29, 0.717) is 35.5 Å². The summed E-state index contributed by atoms with van der Waals surface area (Å²) in [6.45, 7) is 1.26. The minimum atomic E-state index is -0.281. The number of hydrogen-bond acceptors (Lipinski definition) is 3. The number of carbonyl (C=O) groups is 3. The lowest BCUT2D eigenvalue weighted by atomic mass is 10.1. The molecule has 1 aliphatic heterocycles. The van der Waals surface area contributed by atoms with Gasteiger partial charge in [0.1, 0.15) is 0 Å². The molecular weight excluding hydrogens is 390 g/mol. The molecule has 0 unspecified atom stereocenters. The molecule has 1 heterocycles. The molecule has 4 rings (SSSR count). The number of para-hydroxylation sites is 2. The number of likely N-dealkylation sites (tertiary alicyclic amines) is 1. The van der Waals surface area contributed by atoms with Crippen LogP contribution in [0.5, 0.6) is 0 Å². The molecule has 1 fully saturated rings. The Balaban J connectivity index is 1.47. The van der Waals surface area contributed by atoms with E-state index in [1.807, 2.05) is 23.1 Å². The molecule has 6 heteroatoms. The molecule has 0 aromatic heterocycles. The van der Waals surface area contributed by atoms with Crippen LogP contribution in [-0.4, -0.2) is 29.2 Å². The zero-order chi connectivity index (χ0) is 21.6. The SMILES string of the molecule is O=C(Nc1ccccc1NC(=O)c1cccc(CN2CCCC2=O)c1)c1ccccc1. The van der Waals surface area contributed by atoms with Gasteiger partial charge in [0.2, 0.25) is 5.91 Å². The lowest BCUT2D eigenvalue weighted by molar-refractivity contribution is -0.128. The lowest BCUT2D eigenvalue weighted by Gasteiger charge is -2.16. The molecule has 0 spiro atoms. The fourth-order valence-corrected chi connectivity index (χ4v) is 3.58. The Morgan fingerprint density at radius 3 is 2.03 bits per heavy atom. The Labute approximate surface area is 180 Å². The molecule has 1 saturated heterocycles. The highest BCUT2D eigenvalue weighted by molar-refractivity contribution is 6.10. The van der Waals surface area contributed by atoms with Crippen molar-refractivity contribution in [1.29, 1.82) is 0 Å². The van der Waals surface area contributed by atoms with E-state index in [2.05, 4.69) is 10.6 Å². The van der Waals surface area contributed by atoms with Crippen LogP contribution < -0.4 is 10.6 Å². The predicted molar refractivity (Wildman–Crippen MR) is 120 cm³/mol. The average Bonchev–Trinajstić information content (AvgIpc) is 3.20. The van der Waals surface area contributed by atoms with E-state index >= 15 is 0 Å². The van der Waals surface area contributed by atoms with E-state index in [4.69, 9.17) is 0 Å². The third-order valence-corrected chi connectivity index (χ3v) is 5.19. The Morgan fingerprint density at radius 2 is 1.39 bits per heavy atom. The molecule has 1 aliphatic rings. The first kappa shape index (κ1) is 20.3. The molecule has 3 aromatic carbocycles. The van der Waals surface area contributed by atoms with E-state index in [0.717, 1.165) is 18.5 Å². The van der Waals surface area contributed by atoms with E-state index < -0.39 is 0 Å². The first-order valence-corrected chi connectivity index (χ1v) is 10.2. The van der Waals surface area contributed by atoms with Gasteiger partial charge in [0.05, 0.1) is 11.4 Å². The van der Waals surface area contributed by atoms with Gasteiger partial charge in [-0.15, -0.1) is 0 Å². The van der Waals surface area contributed by atoms with Crippen LogP contribution in [0.15, 0.2) is 78.9 Å². The number of nitrogens with one attached hydrogen (secondary N) is 2. The van der Waals surface area contributed by atoms with Crippen molar-refractivity contribution < 1.29 is 14.4 Å². The van der Waals surface area contributed by atoms with Gasteiger partial charge in [-0.1, -0.05) is 42.5 Å². The Kier molecular flexibility index (Phi) is 6.08. The van der Waals surface area contributed by atoms with Gasteiger partial charge in [0.15, 0.2) is 0 Å². The maximum Gasteiger partial charge on any atom is 0.255 e. The van der Waals surface area contributed by atoms with Crippen molar-refractivity contribution in [3.63, 3.8) is 0 Å². The Bertz CT molecular complexity index is 1110. The van der Waals surface area contributed by atoms with Gasteiger partial charge in [-0.2, -0.15) is 0 Å². The van der Waals surface area contributed by atoms with Crippen LogP contribution >= 0.6 is 0 Å². The van der Waals surface area contributed by atoms with E-state index in [-0.39, 0.29) is 17.7 Å². The molecular formula is C25H23N3O3. The smallest absolute Gasteiger partial charge is 0.255 e. The Morgan fingerprint density at radius 1 is 0.774 bits per heavy atom. The largest absolute Gasteiger partial charge is 0.338 e. The molecule has 0 atom stereocenters. The second-order valence-electron chi connectivity index (χ2n) is 7.44. The number of hydrogen-bond donors (Lipinski definition) is 2. The van der Waals surface area contributed by atoms with Crippen molar-refractivity contribution in [2.24, 2.45) is 0 Å². The molecule has 0 saturated carbocycles. The topological polar surface area (TPSA) is 78.5 Å². The molecule has 2 N–H and O–H groups in total. The van der Waals surface area contributed by atoms with Crippen LogP contribution in [0.1, 0.15) is 39.1 Å². The average molecular weight is 413 g/mol. The normalized spacial score (nSPS) is 13.2. The summed E-state index contributed by atoms with van der Waals surface area (Å²) in [6.07, 6.45) is 1.47. The summed E-state index contributed by atoms with van der Waals surface area (Å²) in [5, 5.41) is 5.73. The van der Waals surface area contributed by atoms with Gasteiger partial charge in [-0.3, -0.25) is 14.4 Å². The first-order valence-electron chi connectivity index (χ1n) is 10.2.